The normalized spacial score (nSPS) is 21.3. The van der Waals surface area contributed by atoms with E-state index in [0.29, 0.717) is 19.8 Å². The van der Waals surface area contributed by atoms with Crippen LogP contribution in [0.15, 0.2) is 66.2 Å². The van der Waals surface area contributed by atoms with Crippen molar-refractivity contribution in [2.24, 2.45) is 10.7 Å². The van der Waals surface area contributed by atoms with E-state index in [9.17, 15) is 0 Å². The number of benzene rings is 2. The molecule has 4 heterocycles. The zero-order chi connectivity index (χ0) is 20.1. The van der Waals surface area contributed by atoms with E-state index in [-0.39, 0.29) is 6.02 Å². The lowest BCUT2D eigenvalue weighted by atomic mass is 9.79. The molecule has 7 heteroatoms. The molecule has 3 aliphatic heterocycles. The van der Waals surface area contributed by atoms with Crippen molar-refractivity contribution in [2.75, 3.05) is 19.8 Å². The van der Waals surface area contributed by atoms with Gasteiger partial charge in [-0.3, -0.25) is 0 Å². The van der Waals surface area contributed by atoms with Crippen LogP contribution in [0.25, 0.3) is 16.7 Å². The third kappa shape index (κ3) is 2.52. The lowest BCUT2D eigenvalue weighted by Crippen LogP contribution is -2.31. The molecule has 2 N–H and O–H groups in total. The largest absolute Gasteiger partial charge is 0.462 e. The van der Waals surface area contributed by atoms with Crippen molar-refractivity contribution in [3.8, 4) is 22.6 Å². The number of fused-ring (bicyclic) bond motifs is 4. The Labute approximate surface area is 172 Å². The van der Waals surface area contributed by atoms with Crippen molar-refractivity contribution < 1.29 is 14.2 Å². The molecule has 1 aromatic heterocycles. The number of hydrogen-bond acceptors (Lipinski definition) is 7. The number of ether oxygens (including phenoxy) is 3. The third-order valence-electron chi connectivity index (χ3n) is 5.77. The average Bonchev–Trinajstić information content (AvgIpc) is 3.45. The Balaban J connectivity index is 1.55. The number of amidine groups is 1. The van der Waals surface area contributed by atoms with Crippen LogP contribution in [-0.2, 0) is 15.0 Å². The topological polar surface area (TPSA) is 91.9 Å². The van der Waals surface area contributed by atoms with E-state index in [0.717, 1.165) is 44.9 Å². The molecule has 30 heavy (non-hydrogen) atoms. The molecule has 0 radical (unpaired) electrons. The van der Waals surface area contributed by atoms with Crippen molar-refractivity contribution in [2.45, 2.75) is 5.54 Å². The first-order valence-corrected chi connectivity index (χ1v) is 9.70. The van der Waals surface area contributed by atoms with Gasteiger partial charge in [0.1, 0.15) is 24.4 Å². The molecule has 3 aromatic rings. The maximum atomic E-state index is 6.26. The smallest absolute Gasteiger partial charge is 0.283 e. The van der Waals surface area contributed by atoms with E-state index < -0.39 is 5.54 Å². The fraction of sp³-hybridized carbons (Fsp3) is 0.174. The third-order valence-corrected chi connectivity index (χ3v) is 5.77. The van der Waals surface area contributed by atoms with Crippen molar-refractivity contribution in [3.63, 3.8) is 0 Å². The van der Waals surface area contributed by atoms with Crippen LogP contribution in [0.1, 0.15) is 16.7 Å². The van der Waals surface area contributed by atoms with Gasteiger partial charge in [0.15, 0.2) is 5.54 Å². The second kappa shape index (κ2) is 6.40. The van der Waals surface area contributed by atoms with Gasteiger partial charge in [-0.25, -0.2) is 15.0 Å². The summed E-state index contributed by atoms with van der Waals surface area (Å²) in [5.41, 5.74) is 11.2. The molecule has 148 valence electrons. The van der Waals surface area contributed by atoms with Gasteiger partial charge in [0, 0.05) is 29.1 Å². The molecule has 0 unspecified atom stereocenters. The van der Waals surface area contributed by atoms with Crippen molar-refractivity contribution >= 4 is 11.6 Å². The Morgan fingerprint density at radius 3 is 2.30 bits per heavy atom. The quantitative estimate of drug-likeness (QED) is 0.712. The van der Waals surface area contributed by atoms with E-state index in [1.807, 2.05) is 18.2 Å². The number of rotatable bonds is 2. The first-order chi connectivity index (χ1) is 14.7. The first kappa shape index (κ1) is 17.2. The van der Waals surface area contributed by atoms with Gasteiger partial charge in [-0.2, -0.15) is 0 Å². The van der Waals surface area contributed by atoms with Gasteiger partial charge in [0.2, 0.25) is 0 Å². The van der Waals surface area contributed by atoms with Crippen molar-refractivity contribution in [1.82, 2.24) is 9.97 Å². The minimum absolute atomic E-state index is 0.177. The Morgan fingerprint density at radius 1 is 0.900 bits per heavy atom. The summed E-state index contributed by atoms with van der Waals surface area (Å²) in [5.74, 6) is 1.49. The van der Waals surface area contributed by atoms with Crippen LogP contribution >= 0.6 is 0 Å². The van der Waals surface area contributed by atoms with Gasteiger partial charge < -0.3 is 19.9 Å². The van der Waals surface area contributed by atoms with Crippen LogP contribution in [0.5, 0.6) is 11.5 Å². The molecule has 6 rings (SSSR count). The van der Waals surface area contributed by atoms with E-state index in [4.69, 9.17) is 24.9 Å². The summed E-state index contributed by atoms with van der Waals surface area (Å²) in [6, 6.07) is 12.3. The molecule has 0 bridgehead atoms. The maximum Gasteiger partial charge on any atom is 0.283 e. The fourth-order valence-electron chi connectivity index (χ4n) is 4.27. The number of hydrogen-bond donors (Lipinski definition) is 1. The Hall–Kier alpha value is -3.71. The standard InChI is InChI=1S/C23H18N4O3/c24-22-27-23(12-29-22)18-7-14(16-5-6-28-11-16)1-3-20(18)30-21-4-2-15(8-19(21)23)17-9-25-13-26-10-17/h1-5,7-10,13H,6,11-12H2,(H2,24,27)/t23-/m1/s1. The van der Waals surface area contributed by atoms with Crippen LogP contribution in [0, 0.1) is 0 Å². The Bertz CT molecular complexity index is 1220. The van der Waals surface area contributed by atoms with Gasteiger partial charge in [-0.15, -0.1) is 0 Å². The summed E-state index contributed by atoms with van der Waals surface area (Å²) in [5, 5.41) is 0. The summed E-state index contributed by atoms with van der Waals surface area (Å²) >= 11 is 0. The second-order valence-corrected chi connectivity index (χ2v) is 7.49. The molecule has 0 saturated heterocycles. The Kier molecular flexibility index (Phi) is 3.66. The fourth-order valence-corrected chi connectivity index (χ4v) is 4.27. The summed E-state index contributed by atoms with van der Waals surface area (Å²) in [7, 11) is 0. The van der Waals surface area contributed by atoms with Crippen LogP contribution in [-0.4, -0.2) is 35.8 Å². The molecule has 1 atom stereocenters. The Morgan fingerprint density at radius 2 is 1.63 bits per heavy atom. The van der Waals surface area contributed by atoms with Gasteiger partial charge in [-0.05, 0) is 41.0 Å². The summed E-state index contributed by atoms with van der Waals surface area (Å²) < 4.78 is 17.4. The molecule has 0 amide bonds. The number of nitrogens with two attached hydrogens (primary N) is 1. The zero-order valence-corrected chi connectivity index (χ0v) is 16.0. The molecular formula is C23H18N4O3. The first-order valence-electron chi connectivity index (χ1n) is 9.70. The number of aromatic nitrogens is 2. The minimum Gasteiger partial charge on any atom is -0.462 e. The monoisotopic (exact) mass is 398 g/mol. The number of nitrogens with zero attached hydrogens (tertiary/aromatic N) is 3. The van der Waals surface area contributed by atoms with E-state index in [1.54, 1.807) is 12.4 Å². The highest BCUT2D eigenvalue weighted by Gasteiger charge is 2.47. The summed E-state index contributed by atoms with van der Waals surface area (Å²) in [4.78, 5) is 13.0. The molecule has 0 aliphatic carbocycles. The van der Waals surface area contributed by atoms with Gasteiger partial charge >= 0.3 is 0 Å². The van der Waals surface area contributed by atoms with E-state index >= 15 is 0 Å². The van der Waals surface area contributed by atoms with E-state index in [1.165, 1.54) is 6.33 Å². The molecule has 1 spiro atoms. The van der Waals surface area contributed by atoms with Crippen molar-refractivity contribution in [1.29, 1.82) is 0 Å². The molecule has 7 nitrogen and oxygen atoms in total. The molecule has 3 aliphatic rings. The van der Waals surface area contributed by atoms with Crippen LogP contribution in [0.4, 0.5) is 0 Å². The van der Waals surface area contributed by atoms with Gasteiger partial charge in [0.25, 0.3) is 6.02 Å². The predicted molar refractivity (Wildman–Crippen MR) is 111 cm³/mol. The average molecular weight is 398 g/mol. The molecule has 0 fully saturated rings. The molecule has 0 saturated carbocycles. The van der Waals surface area contributed by atoms with E-state index in [2.05, 4.69) is 34.2 Å². The summed E-state index contributed by atoms with van der Waals surface area (Å²) in [6.45, 7) is 1.55. The van der Waals surface area contributed by atoms with Crippen LogP contribution in [0.3, 0.4) is 0 Å². The van der Waals surface area contributed by atoms with Gasteiger partial charge in [0.05, 0.1) is 13.2 Å². The lowest BCUT2D eigenvalue weighted by Gasteiger charge is -2.34. The highest BCUT2D eigenvalue weighted by molar-refractivity contribution is 5.79. The predicted octanol–water partition coefficient (Wildman–Crippen LogP) is 3.25. The highest BCUT2D eigenvalue weighted by Crippen LogP contribution is 2.52. The minimum atomic E-state index is -0.769. The highest BCUT2D eigenvalue weighted by atomic mass is 16.5. The van der Waals surface area contributed by atoms with Crippen LogP contribution < -0.4 is 10.5 Å². The SMILES string of the molecule is NC1=N[C@]2(CO1)c1cc(C3=CCOC3)ccc1Oc1ccc(-c3cncnc3)cc12. The van der Waals surface area contributed by atoms with Crippen LogP contribution in [0.2, 0.25) is 0 Å². The van der Waals surface area contributed by atoms with Gasteiger partial charge in [-0.1, -0.05) is 18.2 Å². The number of aliphatic imine (C=N–C) groups is 1. The zero-order valence-electron chi connectivity index (χ0n) is 16.0. The molecular weight excluding hydrogens is 380 g/mol. The second-order valence-electron chi connectivity index (χ2n) is 7.49. The van der Waals surface area contributed by atoms with Crippen molar-refractivity contribution in [3.05, 3.63) is 77.9 Å². The summed E-state index contributed by atoms with van der Waals surface area (Å²) in [6.07, 6.45) is 7.18. The lowest BCUT2D eigenvalue weighted by molar-refractivity contribution is 0.216. The molecule has 2 aromatic carbocycles. The maximum absolute atomic E-state index is 6.26.